The summed E-state index contributed by atoms with van der Waals surface area (Å²) in [6, 6.07) is 2.76. The fourth-order valence-electron chi connectivity index (χ4n) is 1.33. The van der Waals surface area contributed by atoms with Crippen LogP contribution >= 0.6 is 0 Å². The van der Waals surface area contributed by atoms with Gasteiger partial charge >= 0.3 is 0 Å². The Balaban J connectivity index is 3.38. The lowest BCUT2D eigenvalue weighted by molar-refractivity contribution is 0.288. The van der Waals surface area contributed by atoms with Gasteiger partial charge in [0.05, 0.1) is 6.07 Å². The molecule has 0 aromatic rings. The summed E-state index contributed by atoms with van der Waals surface area (Å²) >= 11 is 0. The van der Waals surface area contributed by atoms with Gasteiger partial charge in [0.2, 0.25) is 0 Å². The maximum absolute atomic E-state index is 8.47. The molecule has 0 aromatic heterocycles. The summed E-state index contributed by atoms with van der Waals surface area (Å²) in [5.41, 5.74) is 0. The van der Waals surface area contributed by atoms with Gasteiger partial charge in [-0.15, -0.1) is 0 Å². The third-order valence-electron chi connectivity index (χ3n) is 2.19. The van der Waals surface area contributed by atoms with Crippen LogP contribution in [0.3, 0.4) is 0 Å². The van der Waals surface area contributed by atoms with Crippen LogP contribution in [-0.4, -0.2) is 37.1 Å². The number of nitrogens with one attached hydrogen (secondary N) is 1. The molecule has 0 atom stereocenters. The zero-order chi connectivity index (χ0) is 10.8. The predicted molar refractivity (Wildman–Crippen MR) is 60.1 cm³/mol. The minimum Gasteiger partial charge on any atom is -0.314 e. The Bertz CT molecular complexity index is 160. The molecule has 0 radical (unpaired) electrons. The van der Waals surface area contributed by atoms with E-state index in [2.05, 4.69) is 37.1 Å². The van der Waals surface area contributed by atoms with Crippen molar-refractivity contribution in [3.63, 3.8) is 0 Å². The highest BCUT2D eigenvalue weighted by atomic mass is 15.1. The maximum atomic E-state index is 8.47. The van der Waals surface area contributed by atoms with Crippen molar-refractivity contribution < 1.29 is 0 Å². The van der Waals surface area contributed by atoms with Crippen LogP contribution in [-0.2, 0) is 0 Å². The maximum Gasteiger partial charge on any atom is 0.0635 e. The van der Waals surface area contributed by atoms with Gasteiger partial charge in [0, 0.05) is 19.0 Å². The van der Waals surface area contributed by atoms with E-state index >= 15 is 0 Å². The molecule has 3 heteroatoms. The Kier molecular flexibility index (Phi) is 8.61. The predicted octanol–water partition coefficient (Wildman–Crippen LogP) is 1.61. The number of hydrogen-bond donors (Lipinski definition) is 1. The van der Waals surface area contributed by atoms with E-state index in [0.29, 0.717) is 12.5 Å². The summed E-state index contributed by atoms with van der Waals surface area (Å²) in [6.07, 6.45) is 1.81. The van der Waals surface area contributed by atoms with Crippen LogP contribution in [0.4, 0.5) is 0 Å². The molecule has 0 rings (SSSR count). The molecule has 0 unspecified atom stereocenters. The van der Waals surface area contributed by atoms with E-state index in [9.17, 15) is 0 Å². The molecule has 0 saturated heterocycles. The van der Waals surface area contributed by atoms with Crippen molar-refractivity contribution in [2.75, 3.05) is 26.2 Å². The van der Waals surface area contributed by atoms with Gasteiger partial charge in [-0.3, -0.25) is 0 Å². The van der Waals surface area contributed by atoms with Crippen molar-refractivity contribution in [3.05, 3.63) is 0 Å². The molecule has 0 bridgehead atoms. The topological polar surface area (TPSA) is 39.1 Å². The largest absolute Gasteiger partial charge is 0.314 e. The standard InChI is InChI=1S/C11H23N3/c1-4-14(9-5-7-12)10-6-8-13-11(2)3/h11,13H,4-6,8-10H2,1-3H3. The van der Waals surface area contributed by atoms with Gasteiger partial charge in [0.15, 0.2) is 0 Å². The normalized spacial score (nSPS) is 10.9. The highest BCUT2D eigenvalue weighted by molar-refractivity contribution is 4.72. The van der Waals surface area contributed by atoms with Crippen LogP contribution in [0.25, 0.3) is 0 Å². The molecule has 14 heavy (non-hydrogen) atoms. The Labute approximate surface area is 88.1 Å². The third kappa shape index (κ3) is 8.03. The fourth-order valence-corrected chi connectivity index (χ4v) is 1.33. The first kappa shape index (κ1) is 13.4. The highest BCUT2D eigenvalue weighted by Crippen LogP contribution is 1.93. The fraction of sp³-hybridized carbons (Fsp3) is 0.909. The van der Waals surface area contributed by atoms with Gasteiger partial charge in [-0.2, -0.15) is 5.26 Å². The van der Waals surface area contributed by atoms with Crippen LogP contribution in [0.2, 0.25) is 0 Å². The minimum absolute atomic E-state index is 0.573. The van der Waals surface area contributed by atoms with E-state index in [1.54, 1.807) is 0 Å². The molecule has 0 fully saturated rings. The van der Waals surface area contributed by atoms with E-state index in [1.807, 2.05) is 0 Å². The quantitative estimate of drug-likeness (QED) is 0.601. The Morgan fingerprint density at radius 2 is 2.07 bits per heavy atom. The van der Waals surface area contributed by atoms with Gasteiger partial charge in [0.25, 0.3) is 0 Å². The van der Waals surface area contributed by atoms with Gasteiger partial charge in [-0.05, 0) is 26.1 Å². The molecule has 0 aromatic carbocycles. The second-order valence-corrected chi connectivity index (χ2v) is 3.80. The van der Waals surface area contributed by atoms with Crippen LogP contribution < -0.4 is 5.32 Å². The summed E-state index contributed by atoms with van der Waals surface area (Å²) < 4.78 is 0. The third-order valence-corrected chi connectivity index (χ3v) is 2.19. The molecule has 1 N–H and O–H groups in total. The number of hydrogen-bond acceptors (Lipinski definition) is 3. The molecular formula is C11H23N3. The van der Waals surface area contributed by atoms with Crippen molar-refractivity contribution in [1.82, 2.24) is 10.2 Å². The molecule has 0 amide bonds. The van der Waals surface area contributed by atoms with Crippen LogP contribution in [0, 0.1) is 11.3 Å². The van der Waals surface area contributed by atoms with Crippen LogP contribution in [0.5, 0.6) is 0 Å². The average molecular weight is 197 g/mol. The second-order valence-electron chi connectivity index (χ2n) is 3.80. The lowest BCUT2D eigenvalue weighted by Gasteiger charge is -2.19. The molecule has 82 valence electrons. The Hall–Kier alpha value is -0.590. The number of rotatable bonds is 8. The summed E-state index contributed by atoms with van der Waals surface area (Å²) in [5, 5.41) is 11.9. The van der Waals surface area contributed by atoms with Crippen molar-refractivity contribution in [1.29, 1.82) is 5.26 Å². The van der Waals surface area contributed by atoms with Crippen molar-refractivity contribution >= 4 is 0 Å². The first-order valence-electron chi connectivity index (χ1n) is 5.53. The molecule has 0 aliphatic rings. The first-order valence-corrected chi connectivity index (χ1v) is 5.53. The first-order chi connectivity index (χ1) is 6.70. The summed E-state index contributed by atoms with van der Waals surface area (Å²) in [4.78, 5) is 2.32. The molecule has 0 aliphatic carbocycles. The van der Waals surface area contributed by atoms with Crippen molar-refractivity contribution in [3.8, 4) is 6.07 Å². The monoisotopic (exact) mass is 197 g/mol. The number of nitriles is 1. The summed E-state index contributed by atoms with van der Waals surface area (Å²) in [6.45, 7) is 10.6. The number of nitrogens with zero attached hydrogens (tertiary/aromatic N) is 2. The Morgan fingerprint density at radius 3 is 2.57 bits per heavy atom. The van der Waals surface area contributed by atoms with E-state index in [1.165, 1.54) is 0 Å². The van der Waals surface area contributed by atoms with Crippen LogP contribution in [0.15, 0.2) is 0 Å². The smallest absolute Gasteiger partial charge is 0.0635 e. The van der Waals surface area contributed by atoms with Crippen LogP contribution in [0.1, 0.15) is 33.6 Å². The van der Waals surface area contributed by atoms with Gasteiger partial charge < -0.3 is 10.2 Å². The van der Waals surface area contributed by atoms with E-state index in [0.717, 1.165) is 32.6 Å². The zero-order valence-electron chi connectivity index (χ0n) is 9.71. The zero-order valence-corrected chi connectivity index (χ0v) is 9.71. The second kappa shape index (κ2) is 8.98. The molecule has 3 nitrogen and oxygen atoms in total. The lowest BCUT2D eigenvalue weighted by Crippen LogP contribution is -2.30. The molecule has 0 spiro atoms. The molecule has 0 saturated carbocycles. The Morgan fingerprint density at radius 1 is 1.36 bits per heavy atom. The molecular weight excluding hydrogens is 174 g/mol. The lowest BCUT2D eigenvalue weighted by atomic mass is 10.3. The van der Waals surface area contributed by atoms with E-state index < -0.39 is 0 Å². The SMILES string of the molecule is CCN(CCC#N)CCCNC(C)C. The van der Waals surface area contributed by atoms with Crippen molar-refractivity contribution in [2.45, 2.75) is 39.7 Å². The highest BCUT2D eigenvalue weighted by Gasteiger charge is 2.00. The summed E-state index contributed by atoms with van der Waals surface area (Å²) in [7, 11) is 0. The minimum atomic E-state index is 0.573. The van der Waals surface area contributed by atoms with E-state index in [4.69, 9.17) is 5.26 Å². The van der Waals surface area contributed by atoms with Gasteiger partial charge in [-0.25, -0.2) is 0 Å². The molecule has 0 heterocycles. The molecule has 0 aliphatic heterocycles. The van der Waals surface area contributed by atoms with E-state index in [-0.39, 0.29) is 0 Å². The van der Waals surface area contributed by atoms with Gasteiger partial charge in [-0.1, -0.05) is 20.8 Å². The van der Waals surface area contributed by atoms with Crippen molar-refractivity contribution in [2.24, 2.45) is 0 Å². The average Bonchev–Trinajstić information content (AvgIpc) is 2.16. The van der Waals surface area contributed by atoms with Gasteiger partial charge in [0.1, 0.15) is 0 Å². The summed E-state index contributed by atoms with van der Waals surface area (Å²) in [5.74, 6) is 0.